The summed E-state index contributed by atoms with van der Waals surface area (Å²) in [5, 5.41) is 0.736. The molecule has 6 nitrogen and oxygen atoms in total. The van der Waals surface area contributed by atoms with E-state index >= 15 is 0 Å². The lowest BCUT2D eigenvalue weighted by Crippen LogP contribution is -2.48. The second-order valence-corrected chi connectivity index (χ2v) is 12.2. The molecule has 2 saturated heterocycles. The van der Waals surface area contributed by atoms with Gasteiger partial charge in [-0.2, -0.15) is 0 Å². The van der Waals surface area contributed by atoms with E-state index in [1.54, 1.807) is 14.2 Å². The van der Waals surface area contributed by atoms with Gasteiger partial charge in [0.2, 0.25) is 0 Å². The minimum absolute atomic E-state index is 0.100. The Morgan fingerprint density at radius 2 is 1.30 bits per heavy atom. The molecule has 0 atom stereocenters. The second-order valence-electron chi connectivity index (χ2n) is 11.8. The van der Waals surface area contributed by atoms with Crippen LogP contribution in [0.3, 0.4) is 0 Å². The molecule has 0 saturated carbocycles. The number of benzene rings is 4. The van der Waals surface area contributed by atoms with E-state index in [-0.39, 0.29) is 11.3 Å². The molecular formula is C37H40ClN3O3. The van der Waals surface area contributed by atoms with Crippen molar-refractivity contribution >= 4 is 23.2 Å². The number of hydrogen-bond acceptors (Lipinski definition) is 5. The fraction of sp³-hybridized carbons (Fsp3) is 0.324. The third kappa shape index (κ3) is 6.42. The molecule has 6 rings (SSSR count). The zero-order valence-electron chi connectivity index (χ0n) is 25.5. The minimum atomic E-state index is -0.138. The molecule has 1 amide bonds. The maximum Gasteiger partial charge on any atom is 0.253 e. The maximum absolute atomic E-state index is 13.3. The monoisotopic (exact) mass is 609 g/mol. The van der Waals surface area contributed by atoms with Crippen LogP contribution in [-0.4, -0.2) is 69.2 Å². The summed E-state index contributed by atoms with van der Waals surface area (Å²) in [5.74, 6) is 1.83. The number of nitrogens with zero attached hydrogens (tertiary/aromatic N) is 3. The van der Waals surface area contributed by atoms with Gasteiger partial charge in [0.05, 0.1) is 14.2 Å². The van der Waals surface area contributed by atoms with Gasteiger partial charge in [-0.05, 0) is 96.7 Å². The highest BCUT2D eigenvalue weighted by molar-refractivity contribution is 6.30. The van der Waals surface area contributed by atoms with Crippen LogP contribution in [0.5, 0.6) is 11.5 Å². The Morgan fingerprint density at radius 3 is 1.84 bits per heavy atom. The van der Waals surface area contributed by atoms with Crippen molar-refractivity contribution < 1.29 is 14.3 Å². The van der Waals surface area contributed by atoms with E-state index < -0.39 is 0 Å². The van der Waals surface area contributed by atoms with Crippen LogP contribution in [0, 0.1) is 0 Å². The number of anilines is 1. The van der Waals surface area contributed by atoms with E-state index in [0.29, 0.717) is 13.1 Å². The van der Waals surface area contributed by atoms with E-state index in [2.05, 4.69) is 70.5 Å². The van der Waals surface area contributed by atoms with Crippen molar-refractivity contribution in [2.45, 2.75) is 24.8 Å². The molecule has 2 aliphatic heterocycles. The molecule has 0 radical (unpaired) electrons. The van der Waals surface area contributed by atoms with Gasteiger partial charge >= 0.3 is 0 Å². The molecule has 4 aromatic carbocycles. The molecule has 0 N–H and O–H groups in total. The van der Waals surface area contributed by atoms with Gasteiger partial charge in [-0.15, -0.1) is 0 Å². The molecule has 44 heavy (non-hydrogen) atoms. The van der Waals surface area contributed by atoms with Gasteiger partial charge in [0, 0.05) is 61.0 Å². The van der Waals surface area contributed by atoms with Gasteiger partial charge in [0.25, 0.3) is 5.91 Å². The Kier molecular flexibility index (Phi) is 9.10. The van der Waals surface area contributed by atoms with Crippen molar-refractivity contribution in [2.24, 2.45) is 0 Å². The lowest BCUT2D eigenvalue weighted by Gasteiger charge is -2.44. The predicted octanol–water partition coefficient (Wildman–Crippen LogP) is 6.90. The molecule has 2 heterocycles. The number of piperazine rings is 1. The highest BCUT2D eigenvalue weighted by atomic mass is 35.5. The fourth-order valence-corrected chi connectivity index (χ4v) is 6.88. The molecule has 228 valence electrons. The summed E-state index contributed by atoms with van der Waals surface area (Å²) >= 11 is 6.05. The number of carbonyl (C=O) groups excluding carboxylic acids is 1. The van der Waals surface area contributed by atoms with Crippen LogP contribution in [0.2, 0.25) is 5.02 Å². The summed E-state index contributed by atoms with van der Waals surface area (Å²) in [5.41, 5.74) is 5.57. The molecule has 0 bridgehead atoms. The van der Waals surface area contributed by atoms with Gasteiger partial charge in [-0.25, -0.2) is 0 Å². The zero-order chi connectivity index (χ0) is 30.5. The number of hydrogen-bond donors (Lipinski definition) is 0. The van der Waals surface area contributed by atoms with Gasteiger partial charge in [0.1, 0.15) is 11.5 Å². The molecule has 2 fully saturated rings. The quantitative estimate of drug-likeness (QED) is 0.217. The standard InChI is InChI=1S/C37H40ClN3O3/c1-43-34-16-8-30(9-17-34)37(31-10-18-35(44-2)19-11-31)20-3-21-39(27-37)26-28-4-6-29(7-5-28)36(42)41-24-22-40(23-25-41)33-14-12-32(38)13-15-33/h4-19H,3,20-27H2,1-2H3. The lowest BCUT2D eigenvalue weighted by molar-refractivity contribution is 0.0746. The number of rotatable bonds is 8. The number of piperidine rings is 1. The average molecular weight is 610 g/mol. The first-order chi connectivity index (χ1) is 21.5. The van der Waals surface area contributed by atoms with Crippen molar-refractivity contribution in [2.75, 3.05) is 58.4 Å². The summed E-state index contributed by atoms with van der Waals surface area (Å²) in [6, 6.07) is 33.2. The third-order valence-electron chi connectivity index (χ3n) is 9.22. The third-order valence-corrected chi connectivity index (χ3v) is 9.47. The molecular weight excluding hydrogens is 570 g/mol. The van der Waals surface area contributed by atoms with Crippen LogP contribution in [-0.2, 0) is 12.0 Å². The highest BCUT2D eigenvalue weighted by Crippen LogP contribution is 2.42. The van der Waals surface area contributed by atoms with E-state index in [0.717, 1.165) is 73.3 Å². The van der Waals surface area contributed by atoms with E-state index in [9.17, 15) is 4.79 Å². The molecule has 0 aliphatic carbocycles. The van der Waals surface area contributed by atoms with Crippen LogP contribution in [0.25, 0.3) is 0 Å². The summed E-state index contributed by atoms with van der Waals surface area (Å²) in [4.78, 5) is 20.2. The Bertz CT molecular complexity index is 1480. The normalized spacial score (nSPS) is 16.9. The van der Waals surface area contributed by atoms with Crippen molar-refractivity contribution in [3.05, 3.63) is 124 Å². The average Bonchev–Trinajstić information content (AvgIpc) is 3.09. The first kappa shape index (κ1) is 30.0. The number of halogens is 1. The van der Waals surface area contributed by atoms with Crippen molar-refractivity contribution in [1.82, 2.24) is 9.80 Å². The Labute approximate surface area is 265 Å². The maximum atomic E-state index is 13.3. The first-order valence-electron chi connectivity index (χ1n) is 15.4. The number of methoxy groups -OCH3 is 2. The molecule has 0 unspecified atom stereocenters. The predicted molar refractivity (Wildman–Crippen MR) is 177 cm³/mol. The largest absolute Gasteiger partial charge is 0.497 e. The summed E-state index contributed by atoms with van der Waals surface area (Å²) in [7, 11) is 3.41. The van der Waals surface area contributed by atoms with Gasteiger partial charge in [-0.3, -0.25) is 9.69 Å². The molecule has 7 heteroatoms. The summed E-state index contributed by atoms with van der Waals surface area (Å²) in [6.45, 7) is 5.81. The van der Waals surface area contributed by atoms with Crippen LogP contribution < -0.4 is 14.4 Å². The van der Waals surface area contributed by atoms with E-state index in [4.69, 9.17) is 21.1 Å². The van der Waals surface area contributed by atoms with Crippen LogP contribution in [0.4, 0.5) is 5.69 Å². The minimum Gasteiger partial charge on any atom is -0.497 e. The Hall–Kier alpha value is -4.00. The second kappa shape index (κ2) is 13.3. The van der Waals surface area contributed by atoms with Gasteiger partial charge < -0.3 is 19.3 Å². The molecule has 2 aliphatic rings. The van der Waals surface area contributed by atoms with Crippen LogP contribution in [0.1, 0.15) is 39.9 Å². The van der Waals surface area contributed by atoms with E-state index in [1.165, 1.54) is 16.7 Å². The Balaban J connectivity index is 1.13. The SMILES string of the molecule is COc1ccc(C2(c3ccc(OC)cc3)CCCN(Cc3ccc(C(=O)N4CCN(c5ccc(Cl)cc5)CC4)cc3)C2)cc1. The highest BCUT2D eigenvalue weighted by Gasteiger charge is 2.39. The number of carbonyl (C=O) groups is 1. The lowest BCUT2D eigenvalue weighted by atomic mass is 9.69. The zero-order valence-corrected chi connectivity index (χ0v) is 26.3. The van der Waals surface area contributed by atoms with Crippen molar-refractivity contribution in [1.29, 1.82) is 0 Å². The summed E-state index contributed by atoms with van der Waals surface area (Å²) < 4.78 is 10.9. The number of amides is 1. The molecule has 4 aromatic rings. The number of likely N-dealkylation sites (tertiary alicyclic amines) is 1. The smallest absolute Gasteiger partial charge is 0.253 e. The van der Waals surface area contributed by atoms with Crippen molar-refractivity contribution in [3.8, 4) is 11.5 Å². The molecule has 0 spiro atoms. The van der Waals surface area contributed by atoms with E-state index in [1.807, 2.05) is 41.3 Å². The first-order valence-corrected chi connectivity index (χ1v) is 15.8. The van der Waals surface area contributed by atoms with Gasteiger partial charge in [-0.1, -0.05) is 48.0 Å². The van der Waals surface area contributed by atoms with Crippen LogP contribution >= 0.6 is 11.6 Å². The Morgan fingerprint density at radius 1 is 0.727 bits per heavy atom. The van der Waals surface area contributed by atoms with Crippen molar-refractivity contribution in [3.63, 3.8) is 0 Å². The summed E-state index contributed by atoms with van der Waals surface area (Å²) in [6.07, 6.45) is 2.16. The van der Waals surface area contributed by atoms with Crippen LogP contribution in [0.15, 0.2) is 97.1 Å². The van der Waals surface area contributed by atoms with Gasteiger partial charge in [0.15, 0.2) is 0 Å². The number of ether oxygens (including phenoxy) is 2. The molecule has 0 aromatic heterocycles. The fourth-order valence-electron chi connectivity index (χ4n) is 6.75. The topological polar surface area (TPSA) is 45.3 Å².